The molecule has 2 rings (SSSR count). The molecule has 0 radical (unpaired) electrons. The van der Waals surface area contributed by atoms with Crippen molar-refractivity contribution in [2.45, 2.75) is 39.0 Å². The van der Waals surface area contributed by atoms with E-state index in [0.717, 1.165) is 25.2 Å². The Bertz CT molecular complexity index is 513. The Morgan fingerprint density at radius 2 is 2.10 bits per heavy atom. The smallest absolute Gasteiger partial charge is 0.224 e. The van der Waals surface area contributed by atoms with Crippen molar-refractivity contribution in [1.82, 2.24) is 0 Å². The summed E-state index contributed by atoms with van der Waals surface area (Å²) in [7, 11) is 0. The standard InChI is InChI=1S/C16H21N3O/c1-2-6-16(20)18-14-7-8-15(13(11-14)12-17)19-9-4-3-5-10-19/h7-8,11H,2-6,9-10H2,1H3,(H,18,20). The number of rotatable bonds is 4. The first kappa shape index (κ1) is 14.4. The van der Waals surface area contributed by atoms with Gasteiger partial charge in [-0.05, 0) is 43.9 Å². The number of piperidine rings is 1. The van der Waals surface area contributed by atoms with Gasteiger partial charge in [-0.3, -0.25) is 4.79 Å². The van der Waals surface area contributed by atoms with E-state index < -0.39 is 0 Å². The Hall–Kier alpha value is -2.02. The number of benzene rings is 1. The molecule has 106 valence electrons. The first-order chi connectivity index (χ1) is 9.74. The summed E-state index contributed by atoms with van der Waals surface area (Å²) >= 11 is 0. The first-order valence-corrected chi connectivity index (χ1v) is 7.33. The molecule has 20 heavy (non-hydrogen) atoms. The maximum absolute atomic E-state index is 11.6. The van der Waals surface area contributed by atoms with E-state index in [4.69, 9.17) is 0 Å². The topological polar surface area (TPSA) is 56.1 Å². The molecule has 1 aromatic rings. The molecule has 1 aromatic carbocycles. The van der Waals surface area contributed by atoms with Crippen molar-refractivity contribution in [1.29, 1.82) is 5.26 Å². The van der Waals surface area contributed by atoms with Crippen molar-refractivity contribution >= 4 is 17.3 Å². The fourth-order valence-corrected chi connectivity index (χ4v) is 2.56. The molecule has 4 heteroatoms. The van der Waals surface area contributed by atoms with E-state index in [-0.39, 0.29) is 5.91 Å². The van der Waals surface area contributed by atoms with Gasteiger partial charge in [0.1, 0.15) is 6.07 Å². The summed E-state index contributed by atoms with van der Waals surface area (Å²) in [6, 6.07) is 7.86. The summed E-state index contributed by atoms with van der Waals surface area (Å²) in [5.41, 5.74) is 2.34. The Balaban J connectivity index is 2.15. The third kappa shape index (κ3) is 3.51. The van der Waals surface area contributed by atoms with Gasteiger partial charge in [0.25, 0.3) is 0 Å². The lowest BCUT2D eigenvalue weighted by molar-refractivity contribution is -0.116. The average molecular weight is 271 g/mol. The van der Waals surface area contributed by atoms with Gasteiger partial charge < -0.3 is 10.2 Å². The molecule has 4 nitrogen and oxygen atoms in total. The SMILES string of the molecule is CCCC(=O)Nc1ccc(N2CCCCC2)c(C#N)c1. The van der Waals surface area contributed by atoms with Gasteiger partial charge in [-0.15, -0.1) is 0 Å². The van der Waals surface area contributed by atoms with Crippen LogP contribution in [0.4, 0.5) is 11.4 Å². The van der Waals surface area contributed by atoms with Crippen LogP contribution in [0.5, 0.6) is 0 Å². The number of nitrogens with one attached hydrogen (secondary N) is 1. The fraction of sp³-hybridized carbons (Fsp3) is 0.500. The quantitative estimate of drug-likeness (QED) is 0.914. The molecule has 1 amide bonds. The Labute approximate surface area is 120 Å². The zero-order chi connectivity index (χ0) is 14.4. The minimum Gasteiger partial charge on any atom is -0.370 e. The lowest BCUT2D eigenvalue weighted by atomic mass is 10.1. The van der Waals surface area contributed by atoms with Crippen molar-refractivity contribution in [3.05, 3.63) is 23.8 Å². The van der Waals surface area contributed by atoms with E-state index >= 15 is 0 Å². The maximum atomic E-state index is 11.6. The van der Waals surface area contributed by atoms with Crippen LogP contribution in [-0.2, 0) is 4.79 Å². The van der Waals surface area contributed by atoms with Crippen LogP contribution in [0.2, 0.25) is 0 Å². The number of anilines is 2. The number of nitrogens with zero attached hydrogens (tertiary/aromatic N) is 2. The molecule has 0 atom stereocenters. The summed E-state index contributed by atoms with van der Waals surface area (Å²) in [6.45, 7) is 3.99. The monoisotopic (exact) mass is 271 g/mol. The number of hydrogen-bond donors (Lipinski definition) is 1. The third-order valence-corrected chi connectivity index (χ3v) is 3.57. The molecular weight excluding hydrogens is 250 g/mol. The molecular formula is C16H21N3O. The second-order valence-electron chi connectivity index (χ2n) is 5.19. The Kier molecular flexibility index (Phi) is 5.00. The van der Waals surface area contributed by atoms with E-state index in [2.05, 4.69) is 16.3 Å². The van der Waals surface area contributed by atoms with Gasteiger partial charge in [0.2, 0.25) is 5.91 Å². The minimum absolute atomic E-state index is 0.00196. The van der Waals surface area contributed by atoms with Gasteiger partial charge in [-0.2, -0.15) is 5.26 Å². The van der Waals surface area contributed by atoms with E-state index in [1.54, 1.807) is 6.07 Å². The summed E-state index contributed by atoms with van der Waals surface area (Å²) in [4.78, 5) is 13.9. The molecule has 1 heterocycles. The highest BCUT2D eigenvalue weighted by Crippen LogP contribution is 2.26. The number of hydrogen-bond acceptors (Lipinski definition) is 3. The van der Waals surface area contributed by atoms with Crippen LogP contribution in [0.25, 0.3) is 0 Å². The van der Waals surface area contributed by atoms with Crippen molar-refractivity contribution in [3.63, 3.8) is 0 Å². The van der Waals surface area contributed by atoms with E-state index in [1.807, 2.05) is 19.1 Å². The minimum atomic E-state index is 0.00196. The number of carbonyl (C=O) groups excluding carboxylic acids is 1. The lowest BCUT2D eigenvalue weighted by Gasteiger charge is -2.29. The van der Waals surface area contributed by atoms with Crippen molar-refractivity contribution < 1.29 is 4.79 Å². The normalized spacial score (nSPS) is 14.7. The lowest BCUT2D eigenvalue weighted by Crippen LogP contribution is -2.30. The predicted octanol–water partition coefficient (Wildman–Crippen LogP) is 3.29. The van der Waals surface area contributed by atoms with Gasteiger partial charge >= 0.3 is 0 Å². The molecule has 0 spiro atoms. The average Bonchev–Trinajstić information content (AvgIpc) is 2.48. The fourth-order valence-electron chi connectivity index (χ4n) is 2.56. The molecule has 0 saturated carbocycles. The van der Waals surface area contributed by atoms with Gasteiger partial charge in [0.05, 0.1) is 11.3 Å². The second kappa shape index (κ2) is 6.95. The number of amides is 1. The number of nitriles is 1. The second-order valence-corrected chi connectivity index (χ2v) is 5.19. The molecule has 1 saturated heterocycles. The third-order valence-electron chi connectivity index (χ3n) is 3.57. The maximum Gasteiger partial charge on any atom is 0.224 e. The highest BCUT2D eigenvalue weighted by molar-refractivity contribution is 5.91. The van der Waals surface area contributed by atoms with Crippen molar-refractivity contribution in [2.75, 3.05) is 23.3 Å². The molecule has 1 aliphatic heterocycles. The van der Waals surface area contributed by atoms with Crippen LogP contribution in [0.15, 0.2) is 18.2 Å². The molecule has 0 aliphatic carbocycles. The van der Waals surface area contributed by atoms with Crippen LogP contribution in [0.3, 0.4) is 0 Å². The largest absolute Gasteiger partial charge is 0.370 e. The van der Waals surface area contributed by atoms with Crippen LogP contribution >= 0.6 is 0 Å². The molecule has 1 aliphatic rings. The van der Waals surface area contributed by atoms with E-state index in [0.29, 0.717) is 17.7 Å². The van der Waals surface area contributed by atoms with Crippen molar-refractivity contribution in [2.24, 2.45) is 0 Å². The summed E-state index contributed by atoms with van der Waals surface area (Å²) in [6.07, 6.45) is 4.96. The molecule has 0 aromatic heterocycles. The van der Waals surface area contributed by atoms with Crippen LogP contribution < -0.4 is 10.2 Å². The summed E-state index contributed by atoms with van der Waals surface area (Å²) in [5.74, 6) is 0.00196. The molecule has 1 N–H and O–H groups in total. The predicted molar refractivity (Wildman–Crippen MR) is 80.8 cm³/mol. The van der Waals surface area contributed by atoms with Crippen LogP contribution in [0, 0.1) is 11.3 Å². The molecule has 1 fully saturated rings. The van der Waals surface area contributed by atoms with Crippen LogP contribution in [-0.4, -0.2) is 19.0 Å². The highest BCUT2D eigenvalue weighted by Gasteiger charge is 2.15. The molecule has 0 bridgehead atoms. The summed E-state index contributed by atoms with van der Waals surface area (Å²) < 4.78 is 0. The van der Waals surface area contributed by atoms with Crippen molar-refractivity contribution in [3.8, 4) is 6.07 Å². The number of carbonyl (C=O) groups is 1. The highest BCUT2D eigenvalue weighted by atomic mass is 16.1. The molecule has 0 unspecified atom stereocenters. The zero-order valence-electron chi connectivity index (χ0n) is 12.0. The van der Waals surface area contributed by atoms with Gasteiger partial charge in [0.15, 0.2) is 0 Å². The van der Waals surface area contributed by atoms with Crippen LogP contribution in [0.1, 0.15) is 44.6 Å². The Morgan fingerprint density at radius 3 is 2.75 bits per heavy atom. The van der Waals surface area contributed by atoms with Gasteiger partial charge in [-0.1, -0.05) is 6.92 Å². The first-order valence-electron chi connectivity index (χ1n) is 7.33. The van der Waals surface area contributed by atoms with Gasteiger partial charge in [-0.25, -0.2) is 0 Å². The zero-order valence-corrected chi connectivity index (χ0v) is 12.0. The van der Waals surface area contributed by atoms with Gasteiger partial charge in [0, 0.05) is 25.2 Å². The van der Waals surface area contributed by atoms with E-state index in [1.165, 1.54) is 19.3 Å². The Morgan fingerprint density at radius 1 is 1.35 bits per heavy atom. The van der Waals surface area contributed by atoms with E-state index in [9.17, 15) is 10.1 Å². The summed E-state index contributed by atoms with van der Waals surface area (Å²) in [5, 5.41) is 12.2.